The molecule has 1 heterocycles. The summed E-state index contributed by atoms with van der Waals surface area (Å²) >= 11 is 0. The van der Waals surface area contributed by atoms with Gasteiger partial charge in [0.05, 0.1) is 6.10 Å². The minimum atomic E-state index is -0.245. The van der Waals surface area contributed by atoms with Crippen LogP contribution < -0.4 is 11.1 Å². The zero-order valence-corrected chi connectivity index (χ0v) is 11.4. The highest BCUT2D eigenvalue weighted by molar-refractivity contribution is 5.76. The largest absolute Gasteiger partial charge is 0.376 e. The van der Waals surface area contributed by atoms with Crippen molar-refractivity contribution in [3.05, 3.63) is 35.4 Å². The van der Waals surface area contributed by atoms with E-state index in [-0.39, 0.29) is 18.1 Å². The van der Waals surface area contributed by atoms with Gasteiger partial charge in [0.2, 0.25) is 5.91 Å². The van der Waals surface area contributed by atoms with Crippen LogP contribution in [0.2, 0.25) is 0 Å². The van der Waals surface area contributed by atoms with Crippen LogP contribution in [0.25, 0.3) is 0 Å². The molecule has 1 amide bonds. The predicted molar refractivity (Wildman–Crippen MR) is 74.7 cm³/mol. The van der Waals surface area contributed by atoms with Gasteiger partial charge >= 0.3 is 0 Å². The molecule has 0 bridgehead atoms. The van der Waals surface area contributed by atoms with Gasteiger partial charge in [0.25, 0.3) is 0 Å². The average Bonchev–Trinajstić information content (AvgIpc) is 2.90. The summed E-state index contributed by atoms with van der Waals surface area (Å²) in [4.78, 5) is 11.8. The minimum Gasteiger partial charge on any atom is -0.376 e. The van der Waals surface area contributed by atoms with E-state index in [1.807, 2.05) is 31.2 Å². The molecule has 0 aliphatic carbocycles. The number of aryl methyl sites for hydroxylation is 1. The van der Waals surface area contributed by atoms with Crippen LogP contribution in [0.15, 0.2) is 24.3 Å². The molecule has 2 atom stereocenters. The Morgan fingerprint density at radius 2 is 2.32 bits per heavy atom. The highest BCUT2D eigenvalue weighted by atomic mass is 16.5. The normalized spacial score (nSPS) is 20.2. The lowest BCUT2D eigenvalue weighted by Crippen LogP contribution is -2.33. The summed E-state index contributed by atoms with van der Waals surface area (Å²) in [6, 6.07) is 7.67. The number of nitrogens with two attached hydrogens (primary N) is 1. The first-order valence-corrected chi connectivity index (χ1v) is 6.86. The van der Waals surface area contributed by atoms with Gasteiger partial charge in [-0.05, 0) is 30.9 Å². The molecule has 1 aliphatic heterocycles. The van der Waals surface area contributed by atoms with Crippen LogP contribution in [0.4, 0.5) is 0 Å². The Morgan fingerprint density at radius 3 is 3.00 bits per heavy atom. The maximum atomic E-state index is 11.8. The molecule has 1 aromatic rings. The van der Waals surface area contributed by atoms with Crippen molar-refractivity contribution in [2.75, 3.05) is 13.2 Å². The van der Waals surface area contributed by atoms with Gasteiger partial charge in [-0.15, -0.1) is 0 Å². The Kier molecular flexibility index (Phi) is 4.93. The first kappa shape index (κ1) is 14.0. The number of carbonyl (C=O) groups is 1. The lowest BCUT2D eigenvalue weighted by Gasteiger charge is -2.15. The van der Waals surface area contributed by atoms with Crippen LogP contribution in [-0.2, 0) is 9.53 Å². The number of hydrogen-bond acceptors (Lipinski definition) is 3. The van der Waals surface area contributed by atoms with Crippen LogP contribution in [0, 0.1) is 6.92 Å². The maximum Gasteiger partial charge on any atom is 0.221 e. The fourth-order valence-corrected chi connectivity index (χ4v) is 2.42. The molecule has 1 aliphatic rings. The Hall–Kier alpha value is -1.39. The van der Waals surface area contributed by atoms with Crippen molar-refractivity contribution in [3.8, 4) is 0 Å². The first-order valence-electron chi connectivity index (χ1n) is 6.86. The van der Waals surface area contributed by atoms with E-state index < -0.39 is 0 Å². The number of nitrogens with one attached hydrogen (secondary N) is 1. The second kappa shape index (κ2) is 6.68. The Bertz CT molecular complexity index is 428. The zero-order valence-electron chi connectivity index (χ0n) is 11.4. The fraction of sp³-hybridized carbons (Fsp3) is 0.533. The van der Waals surface area contributed by atoms with Crippen LogP contribution in [0.5, 0.6) is 0 Å². The van der Waals surface area contributed by atoms with Crippen LogP contribution in [-0.4, -0.2) is 25.2 Å². The highest BCUT2D eigenvalue weighted by Gasteiger charge is 2.18. The molecule has 1 saturated heterocycles. The number of carbonyl (C=O) groups excluding carboxylic acids is 1. The van der Waals surface area contributed by atoms with Crippen molar-refractivity contribution in [2.45, 2.75) is 38.3 Å². The van der Waals surface area contributed by atoms with Gasteiger partial charge in [-0.1, -0.05) is 24.3 Å². The van der Waals surface area contributed by atoms with Crippen molar-refractivity contribution in [3.63, 3.8) is 0 Å². The van der Waals surface area contributed by atoms with Gasteiger partial charge in [0.1, 0.15) is 0 Å². The molecule has 19 heavy (non-hydrogen) atoms. The third kappa shape index (κ3) is 4.04. The number of hydrogen-bond donors (Lipinski definition) is 2. The zero-order chi connectivity index (χ0) is 13.7. The van der Waals surface area contributed by atoms with Crippen molar-refractivity contribution >= 4 is 5.91 Å². The van der Waals surface area contributed by atoms with Gasteiger partial charge < -0.3 is 15.8 Å². The number of rotatable bonds is 5. The molecule has 0 aromatic heterocycles. The van der Waals surface area contributed by atoms with Gasteiger partial charge in [0, 0.05) is 25.6 Å². The van der Waals surface area contributed by atoms with E-state index in [1.165, 1.54) is 0 Å². The maximum absolute atomic E-state index is 11.8. The molecule has 3 N–H and O–H groups in total. The van der Waals surface area contributed by atoms with Crippen molar-refractivity contribution < 1.29 is 9.53 Å². The Labute approximate surface area is 114 Å². The molecule has 104 valence electrons. The number of ether oxygens (including phenoxy) is 1. The van der Waals surface area contributed by atoms with Gasteiger partial charge in [-0.25, -0.2) is 0 Å². The third-order valence-corrected chi connectivity index (χ3v) is 3.54. The van der Waals surface area contributed by atoms with Crippen LogP contribution in [0.3, 0.4) is 0 Å². The highest BCUT2D eigenvalue weighted by Crippen LogP contribution is 2.18. The molecular weight excluding hydrogens is 240 g/mol. The lowest BCUT2D eigenvalue weighted by atomic mass is 9.99. The fourth-order valence-electron chi connectivity index (χ4n) is 2.42. The van der Waals surface area contributed by atoms with E-state index >= 15 is 0 Å². The van der Waals surface area contributed by atoms with Gasteiger partial charge in [0.15, 0.2) is 0 Å². The molecule has 4 nitrogen and oxygen atoms in total. The smallest absolute Gasteiger partial charge is 0.221 e. The SMILES string of the molecule is Cc1ccccc1[C@@H](N)CC(=O)NC[C@@H]1CCCO1. The molecule has 0 spiro atoms. The van der Waals surface area contributed by atoms with Crippen LogP contribution >= 0.6 is 0 Å². The third-order valence-electron chi connectivity index (χ3n) is 3.54. The summed E-state index contributed by atoms with van der Waals surface area (Å²) in [7, 11) is 0. The van der Waals surface area contributed by atoms with E-state index in [0.717, 1.165) is 30.6 Å². The molecule has 0 unspecified atom stereocenters. The average molecular weight is 262 g/mol. The van der Waals surface area contributed by atoms with Gasteiger partial charge in [-0.3, -0.25) is 4.79 Å². The van der Waals surface area contributed by atoms with E-state index in [1.54, 1.807) is 0 Å². The second-order valence-corrected chi connectivity index (χ2v) is 5.11. The topological polar surface area (TPSA) is 64.4 Å². The molecular formula is C15H22N2O2. The molecule has 0 radical (unpaired) electrons. The second-order valence-electron chi connectivity index (χ2n) is 5.11. The molecule has 1 fully saturated rings. The molecule has 4 heteroatoms. The molecule has 2 rings (SSSR count). The molecule has 0 saturated carbocycles. The molecule has 1 aromatic carbocycles. The van der Waals surface area contributed by atoms with Crippen LogP contribution in [0.1, 0.15) is 36.4 Å². The first-order chi connectivity index (χ1) is 9.16. The summed E-state index contributed by atoms with van der Waals surface area (Å²) in [6.07, 6.45) is 2.61. The van der Waals surface area contributed by atoms with E-state index in [9.17, 15) is 4.79 Å². The number of benzene rings is 1. The quantitative estimate of drug-likeness (QED) is 0.848. The monoisotopic (exact) mass is 262 g/mol. The van der Waals surface area contributed by atoms with Crippen molar-refractivity contribution in [1.82, 2.24) is 5.32 Å². The summed E-state index contributed by atoms with van der Waals surface area (Å²) in [5, 5.41) is 2.90. The van der Waals surface area contributed by atoms with E-state index in [0.29, 0.717) is 13.0 Å². The van der Waals surface area contributed by atoms with Crippen molar-refractivity contribution in [1.29, 1.82) is 0 Å². The predicted octanol–water partition coefficient (Wildman–Crippen LogP) is 1.68. The van der Waals surface area contributed by atoms with E-state index in [2.05, 4.69) is 5.32 Å². The summed E-state index contributed by atoms with van der Waals surface area (Å²) in [5.74, 6) is -0.00810. The Balaban J connectivity index is 1.79. The summed E-state index contributed by atoms with van der Waals surface area (Å²) < 4.78 is 5.47. The van der Waals surface area contributed by atoms with Crippen molar-refractivity contribution in [2.24, 2.45) is 5.73 Å². The summed E-state index contributed by atoms with van der Waals surface area (Å²) in [5.41, 5.74) is 8.25. The van der Waals surface area contributed by atoms with E-state index in [4.69, 9.17) is 10.5 Å². The summed E-state index contributed by atoms with van der Waals surface area (Å²) in [6.45, 7) is 3.42. The van der Waals surface area contributed by atoms with Gasteiger partial charge in [-0.2, -0.15) is 0 Å². The Morgan fingerprint density at radius 1 is 1.53 bits per heavy atom. The standard InChI is InChI=1S/C15H22N2O2/c1-11-5-2-3-7-13(11)14(16)9-15(18)17-10-12-6-4-8-19-12/h2-3,5,7,12,14H,4,6,8-10,16H2,1H3,(H,17,18)/t12-,14-/m0/s1. The number of amides is 1. The lowest BCUT2D eigenvalue weighted by molar-refractivity contribution is -0.121. The minimum absolute atomic E-state index is 0.00810.